The number of rotatable bonds is 20. The Morgan fingerprint density at radius 3 is 2.07 bits per heavy atom. The molecular formula is C30H47BrN6O7. The molecule has 2 atom stereocenters. The fraction of sp³-hybridized carbons (Fsp3) is 0.600. The number of carbonyl (C=O) groups excluding carboxylic acids is 6. The Bertz CT molecular complexity index is 1100. The van der Waals surface area contributed by atoms with Gasteiger partial charge >= 0.3 is 12.0 Å². The Morgan fingerprint density at radius 2 is 1.48 bits per heavy atom. The molecule has 6 amide bonds. The van der Waals surface area contributed by atoms with Gasteiger partial charge in [0.15, 0.2) is 0 Å². The highest BCUT2D eigenvalue weighted by atomic mass is 79.9. The van der Waals surface area contributed by atoms with E-state index in [0.717, 1.165) is 18.4 Å². The molecule has 1 rings (SSSR count). The number of nitrogens with two attached hydrogens (primary N) is 1. The number of urea groups is 1. The number of anilines is 1. The van der Waals surface area contributed by atoms with Gasteiger partial charge in [-0.25, -0.2) is 4.79 Å². The number of hydrogen-bond donors (Lipinski definition) is 6. The standard InChI is InChI=1S/C30H47BrN6O7/c1-19(2)26(37-24(38)10-6-5-7-15-33-25(39)17-31)28(41)36-23(9-8-16-34-30(32)43)27(40)35-22-13-11-21(12-14-22)18-44-29(42)20(3)4/h11-14,19-20,23,26H,5-10,15-18H2,1-4H3,(H,33,39)(H,35,40)(H,36,41)(H,37,38)(H3,32,34,43)/t23?,26-/m0/s1. The fourth-order valence-corrected chi connectivity index (χ4v) is 4.12. The Kier molecular flexibility index (Phi) is 18.4. The van der Waals surface area contributed by atoms with Gasteiger partial charge in [0.2, 0.25) is 23.6 Å². The van der Waals surface area contributed by atoms with Crippen LogP contribution in [0.2, 0.25) is 0 Å². The zero-order chi connectivity index (χ0) is 33.1. The molecule has 1 unspecified atom stereocenters. The summed E-state index contributed by atoms with van der Waals surface area (Å²) in [6, 6.07) is 4.24. The third-order valence-corrected chi connectivity index (χ3v) is 6.97. The molecule has 14 heteroatoms. The Morgan fingerprint density at radius 1 is 0.818 bits per heavy atom. The highest BCUT2D eigenvalue weighted by molar-refractivity contribution is 9.09. The van der Waals surface area contributed by atoms with E-state index in [-0.39, 0.29) is 60.9 Å². The second-order valence-electron chi connectivity index (χ2n) is 11.0. The second kappa shape index (κ2) is 21.1. The van der Waals surface area contributed by atoms with Crippen LogP contribution in [0.1, 0.15) is 71.8 Å². The summed E-state index contributed by atoms with van der Waals surface area (Å²) in [5, 5.41) is 13.8. The number of unbranched alkanes of at least 4 members (excludes halogenated alkanes) is 2. The van der Waals surface area contributed by atoms with Crippen LogP contribution in [-0.4, -0.2) is 66.1 Å². The summed E-state index contributed by atoms with van der Waals surface area (Å²) in [7, 11) is 0. The van der Waals surface area contributed by atoms with Crippen LogP contribution < -0.4 is 32.3 Å². The van der Waals surface area contributed by atoms with E-state index >= 15 is 0 Å². The highest BCUT2D eigenvalue weighted by Gasteiger charge is 2.28. The van der Waals surface area contributed by atoms with Gasteiger partial charge in [-0.15, -0.1) is 0 Å². The van der Waals surface area contributed by atoms with Gasteiger partial charge in [-0.2, -0.15) is 0 Å². The molecule has 0 aliphatic heterocycles. The maximum atomic E-state index is 13.3. The number of amides is 6. The van der Waals surface area contributed by atoms with Crippen LogP contribution in [0.25, 0.3) is 0 Å². The SMILES string of the molecule is CC(C)C(=O)OCc1ccc(NC(=O)C(CCCNC(N)=O)NC(=O)[C@@H](NC(=O)CCCCCNC(=O)CBr)C(C)C)cc1. The molecule has 13 nitrogen and oxygen atoms in total. The van der Waals surface area contributed by atoms with Crippen molar-refractivity contribution in [3.63, 3.8) is 0 Å². The molecule has 0 aliphatic carbocycles. The van der Waals surface area contributed by atoms with Crippen LogP contribution in [0.3, 0.4) is 0 Å². The Balaban J connectivity index is 2.79. The molecule has 0 bridgehead atoms. The number of alkyl halides is 1. The topological polar surface area (TPSA) is 198 Å². The quantitative estimate of drug-likeness (QED) is 0.0689. The predicted octanol–water partition coefficient (Wildman–Crippen LogP) is 2.47. The smallest absolute Gasteiger partial charge is 0.312 e. The first-order valence-electron chi connectivity index (χ1n) is 14.9. The number of hydrogen-bond acceptors (Lipinski definition) is 7. The van der Waals surface area contributed by atoms with E-state index < -0.39 is 29.9 Å². The van der Waals surface area contributed by atoms with E-state index in [2.05, 4.69) is 42.5 Å². The van der Waals surface area contributed by atoms with Crippen LogP contribution in [0.15, 0.2) is 24.3 Å². The van der Waals surface area contributed by atoms with Crippen molar-refractivity contribution in [2.24, 2.45) is 17.6 Å². The Labute approximate surface area is 267 Å². The average Bonchev–Trinajstić information content (AvgIpc) is 2.97. The number of esters is 1. The number of nitrogens with one attached hydrogen (secondary N) is 5. The fourth-order valence-electron chi connectivity index (χ4n) is 3.93. The van der Waals surface area contributed by atoms with Gasteiger partial charge in [0.1, 0.15) is 18.7 Å². The zero-order valence-corrected chi connectivity index (χ0v) is 27.6. The van der Waals surface area contributed by atoms with Gasteiger partial charge in [-0.1, -0.05) is 62.2 Å². The van der Waals surface area contributed by atoms with Crippen LogP contribution in [-0.2, 0) is 35.3 Å². The third kappa shape index (κ3) is 16.2. The normalized spacial score (nSPS) is 12.2. The first kappa shape index (κ1) is 38.3. The number of carbonyl (C=O) groups is 6. The maximum absolute atomic E-state index is 13.3. The minimum atomic E-state index is -0.961. The first-order valence-corrected chi connectivity index (χ1v) is 16.0. The van der Waals surface area contributed by atoms with Gasteiger partial charge in [-0.05, 0) is 49.3 Å². The average molecular weight is 684 g/mol. The lowest BCUT2D eigenvalue weighted by atomic mass is 10.0. The number of benzene rings is 1. The van der Waals surface area contributed by atoms with E-state index in [1.165, 1.54) is 0 Å². The van der Waals surface area contributed by atoms with Gasteiger partial charge < -0.3 is 37.1 Å². The molecular weight excluding hydrogens is 636 g/mol. The molecule has 0 aliphatic rings. The highest BCUT2D eigenvalue weighted by Crippen LogP contribution is 2.13. The van der Waals surface area contributed by atoms with Gasteiger partial charge in [0, 0.05) is 25.2 Å². The molecule has 0 fully saturated rings. The minimum Gasteiger partial charge on any atom is -0.461 e. The van der Waals surface area contributed by atoms with Crippen molar-refractivity contribution in [2.45, 2.75) is 84.9 Å². The minimum absolute atomic E-state index is 0.0936. The van der Waals surface area contributed by atoms with Crippen LogP contribution in [0, 0.1) is 11.8 Å². The molecule has 0 radical (unpaired) electrons. The molecule has 1 aromatic rings. The number of primary amides is 1. The summed E-state index contributed by atoms with van der Waals surface area (Å²) in [6.07, 6.45) is 2.84. The van der Waals surface area contributed by atoms with Crippen LogP contribution >= 0.6 is 15.9 Å². The molecule has 246 valence electrons. The monoisotopic (exact) mass is 682 g/mol. The molecule has 7 N–H and O–H groups in total. The van der Waals surface area contributed by atoms with Crippen molar-refractivity contribution >= 4 is 57.2 Å². The lowest BCUT2D eigenvalue weighted by Gasteiger charge is -2.25. The summed E-state index contributed by atoms with van der Waals surface area (Å²) < 4.78 is 5.22. The molecule has 0 aromatic heterocycles. The van der Waals surface area contributed by atoms with Crippen LogP contribution in [0.4, 0.5) is 10.5 Å². The van der Waals surface area contributed by atoms with Gasteiger partial charge in [0.25, 0.3) is 0 Å². The Hall–Kier alpha value is -3.68. The van der Waals surface area contributed by atoms with Gasteiger partial charge in [0.05, 0.1) is 11.2 Å². The van der Waals surface area contributed by atoms with E-state index in [0.29, 0.717) is 25.1 Å². The van der Waals surface area contributed by atoms with Crippen molar-refractivity contribution in [1.29, 1.82) is 0 Å². The summed E-state index contributed by atoms with van der Waals surface area (Å²) in [4.78, 5) is 73.1. The summed E-state index contributed by atoms with van der Waals surface area (Å²) in [6.45, 7) is 7.93. The van der Waals surface area contributed by atoms with Crippen LogP contribution in [0.5, 0.6) is 0 Å². The summed E-state index contributed by atoms with van der Waals surface area (Å²) in [5.74, 6) is -2.16. The first-order chi connectivity index (χ1) is 20.8. The molecule has 1 aromatic carbocycles. The lowest BCUT2D eigenvalue weighted by Crippen LogP contribution is -2.54. The van der Waals surface area contributed by atoms with Crippen molar-refractivity contribution in [1.82, 2.24) is 21.3 Å². The van der Waals surface area contributed by atoms with E-state index in [1.807, 2.05) is 0 Å². The van der Waals surface area contributed by atoms with E-state index in [9.17, 15) is 28.8 Å². The second-order valence-corrected chi connectivity index (χ2v) is 11.6. The molecule has 0 saturated carbocycles. The largest absolute Gasteiger partial charge is 0.461 e. The van der Waals surface area contributed by atoms with Crippen molar-refractivity contribution in [2.75, 3.05) is 23.7 Å². The van der Waals surface area contributed by atoms with Crippen molar-refractivity contribution in [3.8, 4) is 0 Å². The summed E-state index contributed by atoms with van der Waals surface area (Å²) >= 11 is 3.08. The van der Waals surface area contributed by atoms with Gasteiger partial charge in [-0.3, -0.25) is 24.0 Å². The number of ether oxygens (including phenoxy) is 1. The summed E-state index contributed by atoms with van der Waals surface area (Å²) in [5.41, 5.74) is 6.35. The zero-order valence-electron chi connectivity index (χ0n) is 26.0. The van der Waals surface area contributed by atoms with E-state index in [1.54, 1.807) is 52.0 Å². The predicted molar refractivity (Wildman–Crippen MR) is 170 cm³/mol. The van der Waals surface area contributed by atoms with Crippen molar-refractivity contribution < 1.29 is 33.5 Å². The molecule has 0 saturated heterocycles. The van der Waals surface area contributed by atoms with Crippen molar-refractivity contribution in [3.05, 3.63) is 29.8 Å². The molecule has 44 heavy (non-hydrogen) atoms. The third-order valence-electron chi connectivity index (χ3n) is 6.47. The lowest BCUT2D eigenvalue weighted by molar-refractivity contribution is -0.148. The maximum Gasteiger partial charge on any atom is 0.312 e. The number of halogens is 1. The molecule has 0 spiro atoms. The molecule has 0 heterocycles. The van der Waals surface area contributed by atoms with E-state index in [4.69, 9.17) is 10.5 Å².